The third-order valence-corrected chi connectivity index (χ3v) is 4.25. The van der Waals surface area contributed by atoms with Crippen LogP contribution in [-0.2, 0) is 11.3 Å². The van der Waals surface area contributed by atoms with Crippen molar-refractivity contribution < 1.29 is 13.6 Å². The van der Waals surface area contributed by atoms with E-state index in [9.17, 15) is 13.6 Å². The van der Waals surface area contributed by atoms with Gasteiger partial charge >= 0.3 is 0 Å². The lowest BCUT2D eigenvalue weighted by Crippen LogP contribution is -2.43. The summed E-state index contributed by atoms with van der Waals surface area (Å²) < 4.78 is 26.4. The highest BCUT2D eigenvalue weighted by molar-refractivity contribution is 5.79. The summed E-state index contributed by atoms with van der Waals surface area (Å²) in [4.78, 5) is 23.1. The van der Waals surface area contributed by atoms with Gasteiger partial charge in [-0.3, -0.25) is 4.79 Å². The quantitative estimate of drug-likeness (QED) is 0.925. The number of nitrogens with zero attached hydrogens (tertiary/aromatic N) is 3. The van der Waals surface area contributed by atoms with Gasteiger partial charge in [-0.05, 0) is 43.5 Å². The van der Waals surface area contributed by atoms with Gasteiger partial charge in [0.2, 0.25) is 11.9 Å². The average Bonchev–Trinajstić information content (AvgIpc) is 2.59. The zero-order valence-electron chi connectivity index (χ0n) is 14.0. The second kappa shape index (κ2) is 7.55. The molecule has 1 N–H and O–H groups in total. The smallest absolute Gasteiger partial charge is 0.225 e. The summed E-state index contributed by atoms with van der Waals surface area (Å²) in [6.45, 7) is 3.34. The molecule has 1 aromatic heterocycles. The number of rotatable bonds is 4. The lowest BCUT2D eigenvalue weighted by molar-refractivity contribution is -0.125. The molecule has 1 aliphatic heterocycles. The highest BCUT2D eigenvalue weighted by Gasteiger charge is 2.27. The van der Waals surface area contributed by atoms with E-state index in [0.717, 1.165) is 31.1 Å². The Balaban J connectivity index is 1.60. The van der Waals surface area contributed by atoms with E-state index < -0.39 is 11.6 Å². The second-order valence-corrected chi connectivity index (χ2v) is 6.28. The van der Waals surface area contributed by atoms with Crippen LogP contribution < -0.4 is 10.2 Å². The van der Waals surface area contributed by atoms with Crippen molar-refractivity contribution in [3.8, 4) is 0 Å². The van der Waals surface area contributed by atoms with Crippen LogP contribution in [0.1, 0.15) is 24.1 Å². The maximum absolute atomic E-state index is 13.2. The van der Waals surface area contributed by atoms with Crippen LogP contribution in [0.2, 0.25) is 0 Å². The van der Waals surface area contributed by atoms with Crippen LogP contribution >= 0.6 is 0 Å². The summed E-state index contributed by atoms with van der Waals surface area (Å²) in [6, 6.07) is 5.08. The molecule has 1 unspecified atom stereocenters. The van der Waals surface area contributed by atoms with Crippen molar-refractivity contribution in [1.82, 2.24) is 15.3 Å². The lowest BCUT2D eigenvalue weighted by atomic mass is 9.97. The van der Waals surface area contributed by atoms with Crippen molar-refractivity contribution in [3.05, 3.63) is 53.4 Å². The van der Waals surface area contributed by atoms with E-state index in [1.165, 1.54) is 12.1 Å². The van der Waals surface area contributed by atoms with Gasteiger partial charge < -0.3 is 10.2 Å². The molecule has 132 valence electrons. The Morgan fingerprint density at radius 3 is 2.80 bits per heavy atom. The molecule has 5 nitrogen and oxygen atoms in total. The molecule has 1 fully saturated rings. The number of carbonyl (C=O) groups is 1. The van der Waals surface area contributed by atoms with E-state index in [-0.39, 0.29) is 18.4 Å². The highest BCUT2D eigenvalue weighted by atomic mass is 19.1. The second-order valence-electron chi connectivity index (χ2n) is 6.28. The van der Waals surface area contributed by atoms with Gasteiger partial charge in [0.05, 0.1) is 5.92 Å². The summed E-state index contributed by atoms with van der Waals surface area (Å²) >= 11 is 0. The van der Waals surface area contributed by atoms with Crippen LogP contribution in [0.15, 0.2) is 30.5 Å². The summed E-state index contributed by atoms with van der Waals surface area (Å²) in [5.74, 6) is -0.989. The van der Waals surface area contributed by atoms with E-state index in [4.69, 9.17) is 0 Å². The lowest BCUT2D eigenvalue weighted by Gasteiger charge is -2.32. The molecule has 1 amide bonds. The fraction of sp³-hybridized carbons (Fsp3) is 0.389. The monoisotopic (exact) mass is 346 g/mol. The molecule has 1 saturated heterocycles. The molecular weight excluding hydrogens is 326 g/mol. The van der Waals surface area contributed by atoms with E-state index in [1.54, 1.807) is 6.20 Å². The molecule has 0 aliphatic carbocycles. The molecule has 3 rings (SSSR count). The number of aromatic nitrogens is 2. The normalized spacial score (nSPS) is 17.4. The van der Waals surface area contributed by atoms with Crippen LogP contribution in [0.3, 0.4) is 0 Å². The number of carbonyl (C=O) groups excluding carboxylic acids is 1. The average molecular weight is 346 g/mol. The number of hydrogen-bond donors (Lipinski definition) is 1. The SMILES string of the molecule is Cc1ccnc(N2CCCC(C(=O)NCc3cc(F)cc(F)c3)C2)n1. The van der Waals surface area contributed by atoms with Gasteiger partial charge in [-0.25, -0.2) is 18.7 Å². The number of anilines is 1. The Labute approximate surface area is 145 Å². The molecule has 2 aromatic rings. The Kier molecular flexibility index (Phi) is 5.21. The van der Waals surface area contributed by atoms with Crippen molar-refractivity contribution in [2.24, 2.45) is 5.92 Å². The molecule has 0 radical (unpaired) electrons. The van der Waals surface area contributed by atoms with Crippen molar-refractivity contribution in [2.75, 3.05) is 18.0 Å². The minimum atomic E-state index is -0.648. The number of hydrogen-bond acceptors (Lipinski definition) is 4. The van der Waals surface area contributed by atoms with Crippen LogP contribution in [0.25, 0.3) is 0 Å². The van der Waals surface area contributed by atoms with Crippen molar-refractivity contribution in [1.29, 1.82) is 0 Å². The highest BCUT2D eigenvalue weighted by Crippen LogP contribution is 2.20. The number of nitrogens with one attached hydrogen (secondary N) is 1. The van der Waals surface area contributed by atoms with E-state index in [1.807, 2.05) is 17.9 Å². The molecule has 2 heterocycles. The molecule has 0 saturated carbocycles. The van der Waals surface area contributed by atoms with Crippen LogP contribution in [-0.4, -0.2) is 29.0 Å². The first-order valence-electron chi connectivity index (χ1n) is 8.28. The molecular formula is C18H20F2N4O. The Hall–Kier alpha value is -2.57. The largest absolute Gasteiger partial charge is 0.352 e. The fourth-order valence-corrected chi connectivity index (χ4v) is 3.01. The van der Waals surface area contributed by atoms with Gasteiger partial charge in [0, 0.05) is 37.6 Å². The third kappa shape index (κ3) is 4.49. The maximum atomic E-state index is 13.2. The van der Waals surface area contributed by atoms with Gasteiger partial charge in [0.15, 0.2) is 0 Å². The van der Waals surface area contributed by atoms with Gasteiger partial charge in [-0.2, -0.15) is 0 Å². The number of halogens is 2. The van der Waals surface area contributed by atoms with Crippen molar-refractivity contribution in [3.63, 3.8) is 0 Å². The molecule has 0 spiro atoms. The minimum absolute atomic E-state index is 0.102. The molecule has 25 heavy (non-hydrogen) atoms. The van der Waals surface area contributed by atoms with Gasteiger partial charge in [0.25, 0.3) is 0 Å². The minimum Gasteiger partial charge on any atom is -0.352 e. The molecule has 1 aliphatic rings. The number of aryl methyl sites for hydroxylation is 1. The predicted molar refractivity (Wildman–Crippen MR) is 89.9 cm³/mol. The molecule has 0 bridgehead atoms. The first-order valence-corrected chi connectivity index (χ1v) is 8.28. The molecule has 1 atom stereocenters. The Morgan fingerprint density at radius 2 is 2.08 bits per heavy atom. The number of benzene rings is 1. The standard InChI is InChI=1S/C18H20F2N4O/c1-12-4-5-21-18(23-12)24-6-2-3-14(11-24)17(25)22-10-13-7-15(19)9-16(20)8-13/h4-5,7-9,14H,2-3,6,10-11H2,1H3,(H,22,25). The first-order chi connectivity index (χ1) is 12.0. The summed E-state index contributed by atoms with van der Waals surface area (Å²) in [6.07, 6.45) is 3.34. The Bertz CT molecular complexity index is 748. The maximum Gasteiger partial charge on any atom is 0.225 e. The van der Waals surface area contributed by atoms with Crippen LogP contribution in [0.5, 0.6) is 0 Å². The summed E-state index contributed by atoms with van der Waals surface area (Å²) in [5.41, 5.74) is 1.28. The first kappa shape index (κ1) is 17.3. The molecule has 7 heteroatoms. The van der Waals surface area contributed by atoms with E-state index in [0.29, 0.717) is 18.1 Å². The Morgan fingerprint density at radius 1 is 1.32 bits per heavy atom. The van der Waals surface area contributed by atoms with E-state index in [2.05, 4.69) is 15.3 Å². The third-order valence-electron chi connectivity index (χ3n) is 4.25. The van der Waals surface area contributed by atoms with Gasteiger partial charge in [0.1, 0.15) is 11.6 Å². The fourth-order valence-electron chi connectivity index (χ4n) is 3.01. The van der Waals surface area contributed by atoms with Gasteiger partial charge in [-0.15, -0.1) is 0 Å². The summed E-state index contributed by atoms with van der Waals surface area (Å²) in [5, 5.41) is 2.77. The van der Waals surface area contributed by atoms with Crippen molar-refractivity contribution >= 4 is 11.9 Å². The van der Waals surface area contributed by atoms with E-state index >= 15 is 0 Å². The molecule has 1 aromatic carbocycles. The van der Waals surface area contributed by atoms with Crippen LogP contribution in [0, 0.1) is 24.5 Å². The topological polar surface area (TPSA) is 58.1 Å². The number of piperidine rings is 1. The number of amides is 1. The van der Waals surface area contributed by atoms with Gasteiger partial charge in [-0.1, -0.05) is 0 Å². The zero-order valence-corrected chi connectivity index (χ0v) is 14.0. The summed E-state index contributed by atoms with van der Waals surface area (Å²) in [7, 11) is 0. The van der Waals surface area contributed by atoms with Crippen molar-refractivity contribution in [2.45, 2.75) is 26.3 Å². The zero-order chi connectivity index (χ0) is 17.8. The van der Waals surface area contributed by atoms with Crippen LogP contribution in [0.4, 0.5) is 14.7 Å². The predicted octanol–water partition coefficient (Wildman–Crippen LogP) is 2.60.